The lowest BCUT2D eigenvalue weighted by Crippen LogP contribution is -2.30. The van der Waals surface area contributed by atoms with E-state index in [1.165, 1.54) is 18.2 Å². The van der Waals surface area contributed by atoms with Crippen molar-refractivity contribution in [1.29, 1.82) is 0 Å². The number of phenols is 2. The van der Waals surface area contributed by atoms with Gasteiger partial charge < -0.3 is 14.6 Å². The molecule has 0 aliphatic carbocycles. The molecule has 170 valence electrons. The molecule has 4 rings (SSSR count). The molecule has 0 fully saturated rings. The molecule has 0 radical (unpaired) electrons. The first kappa shape index (κ1) is 22.8. The van der Waals surface area contributed by atoms with Crippen LogP contribution in [0.15, 0.2) is 74.8 Å². The number of phenolic OH excluding ortho intramolecular Hbond substituents is 2. The summed E-state index contributed by atoms with van der Waals surface area (Å²) in [4.78, 5) is 12.2. The van der Waals surface area contributed by atoms with Gasteiger partial charge >= 0.3 is 5.63 Å². The zero-order valence-corrected chi connectivity index (χ0v) is 19.2. The highest BCUT2D eigenvalue weighted by Crippen LogP contribution is 2.42. The van der Waals surface area contributed by atoms with Crippen LogP contribution < -0.4 is 10.3 Å². The Morgan fingerprint density at radius 2 is 1.64 bits per heavy atom. The summed E-state index contributed by atoms with van der Waals surface area (Å²) in [6.07, 6.45) is 0. The highest BCUT2D eigenvalue weighted by molar-refractivity contribution is 7.89. The van der Waals surface area contributed by atoms with Crippen molar-refractivity contribution in [2.75, 3.05) is 0 Å². The molecular formula is C24H20ClNO6S. The third-order valence-corrected chi connectivity index (χ3v) is 7.10. The first-order valence-electron chi connectivity index (χ1n) is 9.91. The Morgan fingerprint density at radius 1 is 0.970 bits per heavy atom. The molecule has 9 heteroatoms. The Balaban J connectivity index is 2.02. The maximum atomic E-state index is 13.3. The normalized spacial score (nSPS) is 12.7. The number of nitrogens with one attached hydrogen (secondary N) is 1. The first-order chi connectivity index (χ1) is 15.6. The SMILES string of the molecule is Cc1ccc(S(=O)(=O)NC(c2ccccc2Cl)c2c(O)cc(O)c3c(C)cc(=O)oc23)cc1. The predicted octanol–water partition coefficient (Wildman–Crippen LogP) is 4.54. The minimum atomic E-state index is -4.11. The molecule has 1 atom stereocenters. The number of hydrogen-bond acceptors (Lipinski definition) is 6. The van der Waals surface area contributed by atoms with Gasteiger partial charge in [-0.05, 0) is 43.2 Å². The van der Waals surface area contributed by atoms with Gasteiger partial charge in [0.05, 0.1) is 21.9 Å². The van der Waals surface area contributed by atoms with Gasteiger partial charge in [-0.1, -0.05) is 47.5 Å². The highest BCUT2D eigenvalue weighted by atomic mass is 35.5. The van der Waals surface area contributed by atoms with Gasteiger partial charge in [0.1, 0.15) is 11.5 Å². The first-order valence-corrected chi connectivity index (χ1v) is 11.8. The van der Waals surface area contributed by atoms with E-state index in [2.05, 4.69) is 4.72 Å². The second kappa shape index (κ2) is 8.55. The van der Waals surface area contributed by atoms with Crippen molar-refractivity contribution in [3.8, 4) is 11.5 Å². The van der Waals surface area contributed by atoms with Crippen LogP contribution in [0.1, 0.15) is 28.3 Å². The Hall–Kier alpha value is -3.33. The summed E-state index contributed by atoms with van der Waals surface area (Å²) in [6.45, 7) is 3.43. The summed E-state index contributed by atoms with van der Waals surface area (Å²) in [5.41, 5.74) is 0.698. The molecule has 33 heavy (non-hydrogen) atoms. The standard InChI is InChI=1S/C24H20ClNO6S/c1-13-7-9-15(10-8-13)33(30,31)26-23(16-5-3-4-6-17(16)25)22-19(28)12-18(27)21-14(2)11-20(29)32-24(21)22/h3-12,23,26-28H,1-2H3. The van der Waals surface area contributed by atoms with Crippen molar-refractivity contribution in [3.05, 3.63) is 98.4 Å². The number of fused-ring (bicyclic) bond motifs is 1. The number of aromatic hydroxyl groups is 2. The molecule has 0 saturated heterocycles. The lowest BCUT2D eigenvalue weighted by Gasteiger charge is -2.23. The lowest BCUT2D eigenvalue weighted by molar-refractivity contribution is 0.441. The second-order valence-corrected chi connectivity index (χ2v) is 9.79. The van der Waals surface area contributed by atoms with Gasteiger partial charge in [0, 0.05) is 17.2 Å². The fraction of sp³-hybridized carbons (Fsp3) is 0.125. The maximum Gasteiger partial charge on any atom is 0.336 e. The molecule has 1 unspecified atom stereocenters. The van der Waals surface area contributed by atoms with Crippen molar-refractivity contribution in [2.24, 2.45) is 0 Å². The van der Waals surface area contributed by atoms with Crippen LogP contribution >= 0.6 is 11.6 Å². The third kappa shape index (κ3) is 4.32. The molecule has 0 spiro atoms. The Bertz CT molecular complexity index is 1530. The minimum absolute atomic E-state index is 0.00496. The number of benzene rings is 3. The van der Waals surface area contributed by atoms with Gasteiger partial charge in [0.15, 0.2) is 5.58 Å². The van der Waals surface area contributed by atoms with Gasteiger partial charge in [-0.2, -0.15) is 4.72 Å². The largest absolute Gasteiger partial charge is 0.507 e. The molecule has 3 N–H and O–H groups in total. The van der Waals surface area contributed by atoms with E-state index in [4.69, 9.17) is 16.0 Å². The Labute approximate surface area is 194 Å². The average Bonchev–Trinajstić information content (AvgIpc) is 2.73. The molecule has 3 aromatic carbocycles. The molecular weight excluding hydrogens is 466 g/mol. The number of hydrogen-bond donors (Lipinski definition) is 3. The fourth-order valence-corrected chi connectivity index (χ4v) is 5.15. The van der Waals surface area contributed by atoms with Crippen LogP contribution in [0.2, 0.25) is 5.02 Å². The maximum absolute atomic E-state index is 13.3. The van der Waals surface area contributed by atoms with Crippen LogP contribution in [0.4, 0.5) is 0 Å². The van der Waals surface area contributed by atoms with E-state index in [0.29, 0.717) is 11.1 Å². The van der Waals surface area contributed by atoms with E-state index in [1.807, 2.05) is 6.92 Å². The molecule has 7 nitrogen and oxygen atoms in total. The van der Waals surface area contributed by atoms with Crippen LogP contribution in [-0.4, -0.2) is 18.6 Å². The smallest absolute Gasteiger partial charge is 0.336 e. The van der Waals surface area contributed by atoms with Gasteiger partial charge in [-0.25, -0.2) is 13.2 Å². The zero-order chi connectivity index (χ0) is 23.9. The third-order valence-electron chi connectivity index (χ3n) is 5.32. The molecule has 0 amide bonds. The van der Waals surface area contributed by atoms with Crippen molar-refractivity contribution >= 4 is 32.6 Å². The van der Waals surface area contributed by atoms with E-state index < -0.39 is 27.4 Å². The molecule has 0 aliphatic heterocycles. The van der Waals surface area contributed by atoms with Gasteiger partial charge in [0.2, 0.25) is 10.0 Å². The zero-order valence-electron chi connectivity index (χ0n) is 17.7. The van der Waals surface area contributed by atoms with Gasteiger partial charge in [-0.15, -0.1) is 0 Å². The summed E-state index contributed by atoms with van der Waals surface area (Å²) in [7, 11) is -4.11. The number of aryl methyl sites for hydroxylation is 2. The van der Waals surface area contributed by atoms with E-state index in [9.17, 15) is 23.4 Å². The van der Waals surface area contributed by atoms with E-state index in [1.54, 1.807) is 43.3 Å². The van der Waals surface area contributed by atoms with Crippen LogP contribution in [-0.2, 0) is 10.0 Å². The lowest BCUT2D eigenvalue weighted by atomic mass is 9.95. The summed E-state index contributed by atoms with van der Waals surface area (Å²) < 4.78 is 34.5. The molecule has 0 aliphatic rings. The molecule has 1 aromatic heterocycles. The fourth-order valence-electron chi connectivity index (χ4n) is 3.72. The van der Waals surface area contributed by atoms with Gasteiger partial charge in [-0.3, -0.25) is 0 Å². The van der Waals surface area contributed by atoms with E-state index in [0.717, 1.165) is 11.6 Å². The second-order valence-electron chi connectivity index (χ2n) is 7.67. The summed E-state index contributed by atoms with van der Waals surface area (Å²) >= 11 is 6.40. The van der Waals surface area contributed by atoms with Crippen molar-refractivity contribution in [2.45, 2.75) is 24.8 Å². The van der Waals surface area contributed by atoms with E-state index in [-0.39, 0.29) is 32.2 Å². The number of halogens is 1. The molecule has 0 saturated carbocycles. The van der Waals surface area contributed by atoms with Crippen LogP contribution in [0.5, 0.6) is 11.5 Å². The Kier molecular flexibility index (Phi) is 5.92. The molecule has 4 aromatic rings. The monoisotopic (exact) mass is 485 g/mol. The van der Waals surface area contributed by atoms with Crippen molar-refractivity contribution in [1.82, 2.24) is 4.72 Å². The minimum Gasteiger partial charge on any atom is -0.507 e. The topological polar surface area (TPSA) is 117 Å². The van der Waals surface area contributed by atoms with Crippen LogP contribution in [0.25, 0.3) is 11.0 Å². The van der Waals surface area contributed by atoms with Crippen LogP contribution in [0, 0.1) is 13.8 Å². The average molecular weight is 486 g/mol. The highest BCUT2D eigenvalue weighted by Gasteiger charge is 2.30. The molecule has 0 bridgehead atoms. The van der Waals surface area contributed by atoms with E-state index >= 15 is 0 Å². The number of sulfonamides is 1. The van der Waals surface area contributed by atoms with Crippen LogP contribution in [0.3, 0.4) is 0 Å². The molecule has 1 heterocycles. The number of rotatable bonds is 5. The van der Waals surface area contributed by atoms with Crippen molar-refractivity contribution in [3.63, 3.8) is 0 Å². The quantitative estimate of drug-likeness (QED) is 0.357. The van der Waals surface area contributed by atoms with Gasteiger partial charge in [0.25, 0.3) is 0 Å². The summed E-state index contributed by atoms with van der Waals surface area (Å²) in [5, 5.41) is 21.6. The predicted molar refractivity (Wildman–Crippen MR) is 125 cm³/mol. The summed E-state index contributed by atoms with van der Waals surface area (Å²) in [5.74, 6) is -0.780. The Morgan fingerprint density at radius 3 is 2.30 bits per heavy atom. The van der Waals surface area contributed by atoms with Crippen molar-refractivity contribution < 1.29 is 23.0 Å². The summed E-state index contributed by atoms with van der Waals surface area (Å²) in [6, 6.07) is 13.8.